The van der Waals surface area contributed by atoms with Gasteiger partial charge in [0, 0.05) is 6.54 Å². The lowest BCUT2D eigenvalue weighted by Gasteiger charge is -2.46. The van der Waals surface area contributed by atoms with Crippen LogP contribution in [0, 0.1) is 5.41 Å². The smallest absolute Gasteiger partial charge is 0.410 e. The maximum atomic E-state index is 11.9. The van der Waals surface area contributed by atoms with Gasteiger partial charge in [-0.15, -0.1) is 0 Å². The van der Waals surface area contributed by atoms with Crippen molar-refractivity contribution in [2.45, 2.75) is 51.0 Å². The van der Waals surface area contributed by atoms with Crippen LogP contribution in [0.2, 0.25) is 0 Å². The van der Waals surface area contributed by atoms with Gasteiger partial charge in [-0.1, -0.05) is 31.9 Å². The first-order valence-corrected chi connectivity index (χ1v) is 7.35. The number of carboxylic acids is 1. The summed E-state index contributed by atoms with van der Waals surface area (Å²) in [7, 11) is 0. The maximum Gasteiger partial charge on any atom is 0.410 e. The molecule has 1 N–H and O–H groups in total. The van der Waals surface area contributed by atoms with Crippen LogP contribution in [0.4, 0.5) is 4.79 Å². The molecule has 1 saturated heterocycles. The normalized spacial score (nSPS) is 25.2. The fourth-order valence-corrected chi connectivity index (χ4v) is 3.54. The van der Waals surface area contributed by atoms with Gasteiger partial charge in [-0.05, 0) is 31.1 Å². The van der Waals surface area contributed by atoms with Gasteiger partial charge in [0.1, 0.15) is 12.6 Å². The molecule has 2 rings (SSSR count). The number of carbonyl (C=O) groups is 2. The van der Waals surface area contributed by atoms with Crippen LogP contribution in [0.15, 0.2) is 12.7 Å². The number of likely N-dealkylation sites (tertiary alicyclic amines) is 1. The van der Waals surface area contributed by atoms with E-state index in [4.69, 9.17) is 4.74 Å². The third-order valence-corrected chi connectivity index (χ3v) is 4.64. The molecule has 1 heterocycles. The highest BCUT2D eigenvalue weighted by Gasteiger charge is 2.45. The summed E-state index contributed by atoms with van der Waals surface area (Å²) < 4.78 is 4.99. The van der Waals surface area contributed by atoms with Crippen molar-refractivity contribution in [2.24, 2.45) is 5.41 Å². The molecule has 5 heteroatoms. The van der Waals surface area contributed by atoms with Crippen molar-refractivity contribution < 1.29 is 19.4 Å². The van der Waals surface area contributed by atoms with Gasteiger partial charge in [-0.25, -0.2) is 9.59 Å². The second kappa shape index (κ2) is 6.29. The Labute approximate surface area is 119 Å². The van der Waals surface area contributed by atoms with Crippen LogP contribution in [-0.2, 0) is 9.53 Å². The van der Waals surface area contributed by atoms with Crippen LogP contribution >= 0.6 is 0 Å². The quantitative estimate of drug-likeness (QED) is 0.808. The van der Waals surface area contributed by atoms with E-state index in [1.54, 1.807) is 0 Å². The molecular weight excluding hydrogens is 258 g/mol. The summed E-state index contributed by atoms with van der Waals surface area (Å²) >= 11 is 0. The van der Waals surface area contributed by atoms with Crippen LogP contribution < -0.4 is 0 Å². The minimum atomic E-state index is -0.926. The van der Waals surface area contributed by atoms with Gasteiger partial charge in [0.15, 0.2) is 0 Å². The molecule has 112 valence electrons. The van der Waals surface area contributed by atoms with E-state index < -0.39 is 18.1 Å². The Morgan fingerprint density at radius 2 is 2.00 bits per heavy atom. The molecule has 2 fully saturated rings. The molecule has 0 radical (unpaired) electrons. The van der Waals surface area contributed by atoms with Gasteiger partial charge in [-0.3, -0.25) is 4.90 Å². The van der Waals surface area contributed by atoms with Gasteiger partial charge in [-0.2, -0.15) is 0 Å². The molecule has 1 amide bonds. The van der Waals surface area contributed by atoms with Crippen LogP contribution in [0.5, 0.6) is 0 Å². The lowest BCUT2D eigenvalue weighted by atomic mass is 9.66. The highest BCUT2D eigenvalue weighted by Crippen LogP contribution is 2.46. The number of aliphatic carboxylic acids is 1. The van der Waals surface area contributed by atoms with Gasteiger partial charge in [0.05, 0.1) is 0 Å². The van der Waals surface area contributed by atoms with Gasteiger partial charge in [0.2, 0.25) is 0 Å². The average molecular weight is 281 g/mol. The largest absolute Gasteiger partial charge is 0.480 e. The summed E-state index contributed by atoms with van der Waals surface area (Å²) in [6.07, 6.45) is 8.16. The SMILES string of the molecule is C=CCOC(=O)N1CCC2(CCCCC2)CC1C(=O)O. The van der Waals surface area contributed by atoms with Crippen molar-refractivity contribution in [1.82, 2.24) is 4.90 Å². The van der Waals surface area contributed by atoms with Crippen LogP contribution in [0.1, 0.15) is 44.9 Å². The van der Waals surface area contributed by atoms with Gasteiger partial charge >= 0.3 is 12.1 Å². The summed E-state index contributed by atoms with van der Waals surface area (Å²) in [5.41, 5.74) is 0.122. The van der Waals surface area contributed by atoms with Gasteiger partial charge < -0.3 is 9.84 Å². The summed E-state index contributed by atoms with van der Waals surface area (Å²) in [5.74, 6) is -0.926. The number of rotatable bonds is 3. The topological polar surface area (TPSA) is 66.8 Å². The molecule has 0 aromatic rings. The first-order chi connectivity index (χ1) is 9.58. The molecule has 1 spiro atoms. The molecule has 1 atom stereocenters. The van der Waals surface area contributed by atoms with Crippen molar-refractivity contribution in [3.8, 4) is 0 Å². The fourth-order valence-electron chi connectivity index (χ4n) is 3.54. The van der Waals surface area contributed by atoms with E-state index >= 15 is 0 Å². The first-order valence-electron chi connectivity index (χ1n) is 7.35. The maximum absolute atomic E-state index is 11.9. The second-order valence-electron chi connectivity index (χ2n) is 5.93. The van der Waals surface area contributed by atoms with Crippen molar-refractivity contribution in [1.29, 1.82) is 0 Å². The summed E-state index contributed by atoms with van der Waals surface area (Å²) in [6, 6.07) is -0.751. The van der Waals surface area contributed by atoms with E-state index in [2.05, 4.69) is 6.58 Å². The standard InChI is InChI=1S/C15H23NO4/c1-2-10-20-14(19)16-9-8-15(6-4-3-5-7-15)11-12(16)13(17)18/h2,12H,1,3-11H2,(H,17,18). The Bertz CT molecular complexity index is 387. The van der Waals surface area contributed by atoms with Crippen molar-refractivity contribution in [3.05, 3.63) is 12.7 Å². The highest BCUT2D eigenvalue weighted by molar-refractivity contribution is 5.80. The van der Waals surface area contributed by atoms with Crippen LogP contribution in [0.3, 0.4) is 0 Å². The number of ether oxygens (including phenoxy) is 1. The van der Waals surface area contributed by atoms with E-state index in [-0.39, 0.29) is 12.0 Å². The zero-order valence-electron chi connectivity index (χ0n) is 11.8. The highest BCUT2D eigenvalue weighted by atomic mass is 16.6. The minimum absolute atomic E-state index is 0.118. The number of nitrogens with zero attached hydrogens (tertiary/aromatic N) is 1. The molecule has 1 unspecified atom stereocenters. The van der Waals surface area contributed by atoms with Crippen molar-refractivity contribution in [2.75, 3.05) is 13.2 Å². The van der Waals surface area contributed by atoms with Crippen LogP contribution in [-0.4, -0.2) is 41.3 Å². The molecule has 5 nitrogen and oxygen atoms in total. The van der Waals surface area contributed by atoms with E-state index in [9.17, 15) is 14.7 Å². The molecule has 0 bridgehead atoms. The Balaban J connectivity index is 2.06. The third-order valence-electron chi connectivity index (χ3n) is 4.64. The number of hydrogen-bond donors (Lipinski definition) is 1. The number of carboxylic acid groups (broad SMARTS) is 1. The number of amides is 1. The lowest BCUT2D eigenvalue weighted by molar-refractivity contribution is -0.146. The van der Waals surface area contributed by atoms with E-state index in [1.807, 2.05) is 0 Å². The van der Waals surface area contributed by atoms with Gasteiger partial charge in [0.25, 0.3) is 0 Å². The number of carbonyl (C=O) groups excluding carboxylic acids is 1. The van der Waals surface area contributed by atoms with Crippen molar-refractivity contribution >= 4 is 12.1 Å². The van der Waals surface area contributed by atoms with E-state index in [0.717, 1.165) is 19.3 Å². The lowest BCUT2D eigenvalue weighted by Crippen LogP contribution is -2.53. The molecule has 0 aromatic heterocycles. The predicted molar refractivity (Wildman–Crippen MR) is 74.4 cm³/mol. The Morgan fingerprint density at radius 1 is 1.30 bits per heavy atom. The molecule has 2 aliphatic rings. The zero-order valence-corrected chi connectivity index (χ0v) is 11.8. The molecular formula is C15H23NO4. The summed E-state index contributed by atoms with van der Waals surface area (Å²) in [5, 5.41) is 9.43. The Morgan fingerprint density at radius 3 is 2.60 bits per heavy atom. The van der Waals surface area contributed by atoms with Crippen molar-refractivity contribution in [3.63, 3.8) is 0 Å². The third kappa shape index (κ3) is 3.14. The zero-order chi connectivity index (χ0) is 14.6. The predicted octanol–water partition coefficient (Wildman–Crippen LogP) is 2.81. The number of piperidine rings is 1. The molecule has 1 aliphatic heterocycles. The second-order valence-corrected chi connectivity index (χ2v) is 5.93. The molecule has 1 saturated carbocycles. The summed E-state index contributed by atoms with van der Waals surface area (Å²) in [4.78, 5) is 24.8. The summed E-state index contributed by atoms with van der Waals surface area (Å²) in [6.45, 7) is 4.09. The monoisotopic (exact) mass is 281 g/mol. The van der Waals surface area contributed by atoms with Crippen LogP contribution in [0.25, 0.3) is 0 Å². The van der Waals surface area contributed by atoms with E-state index in [0.29, 0.717) is 13.0 Å². The van der Waals surface area contributed by atoms with E-state index in [1.165, 1.54) is 30.2 Å². The minimum Gasteiger partial charge on any atom is -0.480 e. The average Bonchev–Trinajstić information content (AvgIpc) is 2.45. The first kappa shape index (κ1) is 14.9. The fraction of sp³-hybridized carbons (Fsp3) is 0.733. The molecule has 0 aromatic carbocycles. The molecule has 1 aliphatic carbocycles. The molecule has 20 heavy (non-hydrogen) atoms. The number of hydrogen-bond acceptors (Lipinski definition) is 3. The Hall–Kier alpha value is -1.52. The Kier molecular flexibility index (Phi) is 4.68.